The quantitative estimate of drug-likeness (QED) is 0.849. The standard InChI is InChI=1S/C16H19ClF2N2O4/c1-2-24-16(23)21-7-3-4-10(9-21)14(22)20-11-5-6-13(12(17)8-11)25-15(18)19/h5-6,8,10,15H,2-4,7,9H2,1H3,(H,20,22). The second-order valence-corrected chi connectivity index (χ2v) is 5.90. The van der Waals surface area contributed by atoms with Gasteiger partial charge in [-0.25, -0.2) is 4.79 Å². The van der Waals surface area contributed by atoms with Crippen LogP contribution in [0.15, 0.2) is 18.2 Å². The first-order chi connectivity index (χ1) is 11.9. The van der Waals surface area contributed by atoms with Crippen LogP contribution < -0.4 is 10.1 Å². The number of halogens is 3. The Morgan fingerprint density at radius 2 is 2.20 bits per heavy atom. The zero-order valence-corrected chi connectivity index (χ0v) is 14.4. The van der Waals surface area contributed by atoms with Crippen molar-refractivity contribution in [3.63, 3.8) is 0 Å². The van der Waals surface area contributed by atoms with E-state index in [1.807, 2.05) is 0 Å². The van der Waals surface area contributed by atoms with Gasteiger partial charge in [-0.1, -0.05) is 11.6 Å². The Balaban J connectivity index is 1.97. The van der Waals surface area contributed by atoms with E-state index >= 15 is 0 Å². The zero-order chi connectivity index (χ0) is 18.4. The van der Waals surface area contributed by atoms with Gasteiger partial charge in [0.25, 0.3) is 0 Å². The summed E-state index contributed by atoms with van der Waals surface area (Å²) in [7, 11) is 0. The third-order valence-corrected chi connectivity index (χ3v) is 4.03. The van der Waals surface area contributed by atoms with Gasteiger partial charge >= 0.3 is 12.7 Å². The summed E-state index contributed by atoms with van der Waals surface area (Å²) in [6, 6.07) is 4.02. The molecule has 9 heteroatoms. The molecular formula is C16H19ClF2N2O4. The maximum atomic E-state index is 12.4. The molecule has 1 aromatic rings. The van der Waals surface area contributed by atoms with Crippen LogP contribution in [0.25, 0.3) is 0 Å². The van der Waals surface area contributed by atoms with Gasteiger partial charge in [-0.2, -0.15) is 8.78 Å². The van der Waals surface area contributed by atoms with E-state index in [1.165, 1.54) is 23.1 Å². The van der Waals surface area contributed by atoms with Crippen LogP contribution in [0.1, 0.15) is 19.8 Å². The van der Waals surface area contributed by atoms with E-state index in [0.29, 0.717) is 25.1 Å². The fourth-order valence-corrected chi connectivity index (χ4v) is 2.81. The van der Waals surface area contributed by atoms with Crippen molar-refractivity contribution in [3.05, 3.63) is 23.2 Å². The van der Waals surface area contributed by atoms with Crippen LogP contribution in [0.4, 0.5) is 19.3 Å². The molecule has 138 valence electrons. The van der Waals surface area contributed by atoms with E-state index < -0.39 is 12.7 Å². The highest BCUT2D eigenvalue weighted by Gasteiger charge is 2.29. The third kappa shape index (κ3) is 5.45. The van der Waals surface area contributed by atoms with Gasteiger partial charge < -0.3 is 19.7 Å². The number of nitrogens with one attached hydrogen (secondary N) is 1. The predicted molar refractivity (Wildman–Crippen MR) is 88.0 cm³/mol. The number of hydrogen-bond donors (Lipinski definition) is 1. The minimum absolute atomic E-state index is 0.0325. The van der Waals surface area contributed by atoms with Crippen LogP contribution in [-0.4, -0.2) is 43.2 Å². The molecule has 1 aliphatic rings. The van der Waals surface area contributed by atoms with E-state index in [2.05, 4.69) is 10.1 Å². The van der Waals surface area contributed by atoms with Crippen molar-refractivity contribution in [2.45, 2.75) is 26.4 Å². The highest BCUT2D eigenvalue weighted by Crippen LogP contribution is 2.29. The molecule has 6 nitrogen and oxygen atoms in total. The number of amides is 2. The number of carbonyl (C=O) groups is 2. The Bertz CT molecular complexity index is 630. The van der Waals surface area contributed by atoms with Gasteiger partial charge in [-0.05, 0) is 38.0 Å². The molecule has 1 saturated heterocycles. The SMILES string of the molecule is CCOC(=O)N1CCCC(C(=O)Nc2ccc(OC(F)F)c(Cl)c2)C1. The normalized spacial score (nSPS) is 17.3. The molecule has 1 N–H and O–H groups in total. The van der Waals surface area contributed by atoms with E-state index in [0.717, 1.165) is 0 Å². The summed E-state index contributed by atoms with van der Waals surface area (Å²) in [5.74, 6) is -0.817. The topological polar surface area (TPSA) is 67.9 Å². The number of rotatable bonds is 5. The summed E-state index contributed by atoms with van der Waals surface area (Å²) in [5.41, 5.74) is 0.366. The highest BCUT2D eigenvalue weighted by molar-refractivity contribution is 6.32. The molecule has 0 spiro atoms. The molecule has 1 heterocycles. The van der Waals surface area contributed by atoms with Crippen molar-refractivity contribution >= 4 is 29.3 Å². The summed E-state index contributed by atoms with van der Waals surface area (Å²) in [6.45, 7) is -0.164. The number of likely N-dealkylation sites (tertiary alicyclic amines) is 1. The predicted octanol–water partition coefficient (Wildman–Crippen LogP) is 3.75. The lowest BCUT2D eigenvalue weighted by molar-refractivity contribution is -0.121. The Hall–Kier alpha value is -2.09. The number of hydrogen-bond acceptors (Lipinski definition) is 4. The number of anilines is 1. The monoisotopic (exact) mass is 376 g/mol. The average molecular weight is 377 g/mol. The molecule has 1 unspecified atom stereocenters. The maximum absolute atomic E-state index is 12.4. The number of carbonyl (C=O) groups excluding carboxylic acids is 2. The fourth-order valence-electron chi connectivity index (χ4n) is 2.59. The van der Waals surface area contributed by atoms with Crippen LogP contribution >= 0.6 is 11.6 Å². The Kier molecular flexibility index (Phi) is 6.81. The Labute approximate surface area is 149 Å². The summed E-state index contributed by atoms with van der Waals surface area (Å²) in [4.78, 5) is 25.7. The molecule has 0 radical (unpaired) electrons. The van der Waals surface area contributed by atoms with Gasteiger partial charge in [-0.15, -0.1) is 0 Å². The molecule has 1 aliphatic heterocycles. The molecule has 0 bridgehead atoms. The zero-order valence-electron chi connectivity index (χ0n) is 13.6. The molecule has 1 fully saturated rings. The summed E-state index contributed by atoms with van der Waals surface area (Å²) >= 11 is 5.86. The first-order valence-electron chi connectivity index (χ1n) is 7.87. The molecule has 2 amide bonds. The number of benzene rings is 1. The van der Waals surface area contributed by atoms with Gasteiger partial charge in [0.2, 0.25) is 5.91 Å². The molecule has 0 aliphatic carbocycles. The molecule has 0 saturated carbocycles. The lowest BCUT2D eigenvalue weighted by Crippen LogP contribution is -2.44. The minimum Gasteiger partial charge on any atom is -0.450 e. The molecule has 1 aromatic carbocycles. The smallest absolute Gasteiger partial charge is 0.409 e. The van der Waals surface area contributed by atoms with Gasteiger partial charge in [0.15, 0.2) is 0 Å². The van der Waals surface area contributed by atoms with Crippen molar-refractivity contribution in [2.75, 3.05) is 25.0 Å². The van der Waals surface area contributed by atoms with Crippen LogP contribution in [0.3, 0.4) is 0 Å². The first-order valence-corrected chi connectivity index (χ1v) is 8.25. The van der Waals surface area contributed by atoms with Crippen molar-refractivity contribution in [1.29, 1.82) is 0 Å². The highest BCUT2D eigenvalue weighted by atomic mass is 35.5. The number of piperidine rings is 1. The van der Waals surface area contributed by atoms with Crippen LogP contribution in [-0.2, 0) is 9.53 Å². The number of alkyl halides is 2. The molecular weight excluding hydrogens is 358 g/mol. The number of nitrogens with zero attached hydrogens (tertiary/aromatic N) is 1. The lowest BCUT2D eigenvalue weighted by atomic mass is 9.97. The molecule has 0 aromatic heterocycles. The van der Waals surface area contributed by atoms with Crippen molar-refractivity contribution in [2.24, 2.45) is 5.92 Å². The largest absolute Gasteiger partial charge is 0.450 e. The lowest BCUT2D eigenvalue weighted by Gasteiger charge is -2.31. The van der Waals surface area contributed by atoms with Crippen LogP contribution in [0.2, 0.25) is 5.02 Å². The van der Waals surface area contributed by atoms with Crippen LogP contribution in [0, 0.1) is 5.92 Å². The van der Waals surface area contributed by atoms with E-state index in [4.69, 9.17) is 16.3 Å². The molecule has 25 heavy (non-hydrogen) atoms. The summed E-state index contributed by atoms with van der Waals surface area (Å²) in [6.07, 6.45) is 0.900. The van der Waals surface area contributed by atoms with E-state index in [9.17, 15) is 18.4 Å². The van der Waals surface area contributed by atoms with Crippen molar-refractivity contribution in [1.82, 2.24) is 4.90 Å². The Morgan fingerprint density at radius 1 is 1.44 bits per heavy atom. The fraction of sp³-hybridized carbons (Fsp3) is 0.500. The van der Waals surface area contributed by atoms with Gasteiger partial charge in [-0.3, -0.25) is 4.79 Å². The maximum Gasteiger partial charge on any atom is 0.409 e. The average Bonchev–Trinajstić information content (AvgIpc) is 2.57. The second-order valence-electron chi connectivity index (χ2n) is 5.50. The van der Waals surface area contributed by atoms with Crippen molar-refractivity contribution in [3.8, 4) is 5.75 Å². The number of ether oxygens (including phenoxy) is 2. The summed E-state index contributed by atoms with van der Waals surface area (Å²) in [5, 5.41) is 2.65. The van der Waals surface area contributed by atoms with Gasteiger partial charge in [0.1, 0.15) is 5.75 Å². The van der Waals surface area contributed by atoms with E-state index in [1.54, 1.807) is 6.92 Å². The Morgan fingerprint density at radius 3 is 2.84 bits per heavy atom. The van der Waals surface area contributed by atoms with Gasteiger partial charge in [0, 0.05) is 18.8 Å². The first kappa shape index (κ1) is 19.2. The van der Waals surface area contributed by atoms with Gasteiger partial charge in [0.05, 0.1) is 17.5 Å². The third-order valence-electron chi connectivity index (χ3n) is 3.73. The van der Waals surface area contributed by atoms with Crippen molar-refractivity contribution < 1.29 is 27.8 Å². The molecule has 2 rings (SSSR count). The summed E-state index contributed by atoms with van der Waals surface area (Å²) < 4.78 is 33.6. The second kappa shape index (κ2) is 8.84. The minimum atomic E-state index is -2.98. The molecule has 1 atom stereocenters. The van der Waals surface area contributed by atoms with Crippen LogP contribution in [0.5, 0.6) is 5.75 Å². The van der Waals surface area contributed by atoms with E-state index in [-0.39, 0.29) is 35.7 Å².